The normalized spacial score (nSPS) is 23.0. The number of likely N-dealkylation sites (tertiary alicyclic amines) is 1. The topological polar surface area (TPSA) is 70.7 Å². The molecule has 2 fully saturated rings. The fourth-order valence-electron chi connectivity index (χ4n) is 3.32. The Morgan fingerprint density at radius 2 is 2.00 bits per heavy atom. The van der Waals surface area contributed by atoms with Crippen molar-refractivity contribution in [2.45, 2.75) is 31.7 Å². The van der Waals surface area contributed by atoms with Crippen molar-refractivity contribution in [2.75, 3.05) is 26.7 Å². The molecular weight excluding hydrogens is 306 g/mol. The van der Waals surface area contributed by atoms with E-state index in [2.05, 4.69) is 10.6 Å². The number of hydrogen-bond acceptors (Lipinski definition) is 3. The Morgan fingerprint density at radius 1 is 1.25 bits per heavy atom. The van der Waals surface area contributed by atoms with E-state index in [9.17, 15) is 9.59 Å². The molecule has 3 rings (SSSR count). The van der Waals surface area contributed by atoms with Crippen LogP contribution < -0.4 is 15.4 Å². The maximum Gasteiger partial charge on any atom is 0.317 e. The summed E-state index contributed by atoms with van der Waals surface area (Å²) < 4.78 is 5.47. The molecule has 3 amide bonds. The molecule has 1 aromatic carbocycles. The van der Waals surface area contributed by atoms with Crippen molar-refractivity contribution in [1.29, 1.82) is 0 Å². The number of benzene rings is 1. The van der Waals surface area contributed by atoms with E-state index in [0.29, 0.717) is 25.7 Å². The average Bonchev–Trinajstić information content (AvgIpc) is 3.29. The van der Waals surface area contributed by atoms with Gasteiger partial charge in [0.05, 0.1) is 13.0 Å². The summed E-state index contributed by atoms with van der Waals surface area (Å²) >= 11 is 0. The molecule has 0 aromatic heterocycles. The van der Waals surface area contributed by atoms with Crippen molar-refractivity contribution in [3.63, 3.8) is 0 Å². The first-order valence-electron chi connectivity index (χ1n) is 8.60. The van der Waals surface area contributed by atoms with Gasteiger partial charge >= 0.3 is 6.03 Å². The van der Waals surface area contributed by atoms with Gasteiger partial charge in [-0.05, 0) is 31.4 Å². The highest BCUT2D eigenvalue weighted by Gasteiger charge is 2.42. The van der Waals surface area contributed by atoms with Gasteiger partial charge in [-0.2, -0.15) is 0 Å². The van der Waals surface area contributed by atoms with Crippen LogP contribution in [0.15, 0.2) is 24.3 Å². The molecule has 1 saturated heterocycles. The average molecular weight is 331 g/mol. The number of para-hydroxylation sites is 1. The summed E-state index contributed by atoms with van der Waals surface area (Å²) in [6.45, 7) is 3.43. The quantitative estimate of drug-likeness (QED) is 0.863. The van der Waals surface area contributed by atoms with Gasteiger partial charge in [-0.15, -0.1) is 0 Å². The van der Waals surface area contributed by atoms with E-state index in [0.717, 1.165) is 24.2 Å². The summed E-state index contributed by atoms with van der Waals surface area (Å²) in [6.07, 6.45) is 2.11. The van der Waals surface area contributed by atoms with E-state index < -0.39 is 0 Å². The van der Waals surface area contributed by atoms with Gasteiger partial charge in [0.25, 0.3) is 0 Å². The molecule has 130 valence electrons. The number of carbonyl (C=O) groups excluding carboxylic acids is 2. The van der Waals surface area contributed by atoms with Gasteiger partial charge in [-0.1, -0.05) is 18.2 Å². The van der Waals surface area contributed by atoms with Crippen molar-refractivity contribution in [3.05, 3.63) is 29.8 Å². The summed E-state index contributed by atoms with van der Waals surface area (Å²) in [7, 11) is 1.63. The Bertz CT molecular complexity index is 615. The number of hydrogen-bond donors (Lipinski definition) is 2. The Kier molecular flexibility index (Phi) is 4.92. The van der Waals surface area contributed by atoms with Gasteiger partial charge in [0, 0.05) is 31.6 Å². The predicted octanol–water partition coefficient (Wildman–Crippen LogP) is 1.72. The molecule has 0 unspecified atom stereocenters. The minimum atomic E-state index is -0.246. The number of amides is 3. The molecule has 24 heavy (non-hydrogen) atoms. The van der Waals surface area contributed by atoms with Crippen LogP contribution in [-0.2, 0) is 4.79 Å². The molecule has 2 atom stereocenters. The maximum absolute atomic E-state index is 12.7. The Labute approximate surface area is 142 Å². The summed E-state index contributed by atoms with van der Waals surface area (Å²) in [4.78, 5) is 26.7. The number of carbonyl (C=O) groups is 2. The van der Waals surface area contributed by atoms with Gasteiger partial charge < -0.3 is 20.3 Å². The van der Waals surface area contributed by atoms with Crippen molar-refractivity contribution in [3.8, 4) is 5.75 Å². The lowest BCUT2D eigenvalue weighted by molar-refractivity contribution is -0.125. The first kappa shape index (κ1) is 16.6. The molecule has 6 heteroatoms. The van der Waals surface area contributed by atoms with E-state index in [1.807, 2.05) is 31.2 Å². The highest BCUT2D eigenvalue weighted by Crippen LogP contribution is 2.38. The lowest BCUT2D eigenvalue weighted by Gasteiger charge is -2.20. The summed E-state index contributed by atoms with van der Waals surface area (Å²) in [5.41, 5.74) is 0.989. The fourth-order valence-corrected chi connectivity index (χ4v) is 3.32. The first-order valence-corrected chi connectivity index (χ1v) is 8.60. The Balaban J connectivity index is 1.84. The SMILES string of the molecule is CCNC(=O)N1C[C@H](C(=O)NC2CC2)[C@H](c2ccccc2OC)C1. The minimum Gasteiger partial charge on any atom is -0.496 e. The molecular formula is C18H25N3O3. The summed E-state index contributed by atoms with van der Waals surface area (Å²) in [5, 5.41) is 5.91. The second-order valence-corrected chi connectivity index (χ2v) is 6.48. The molecule has 1 saturated carbocycles. The van der Waals surface area contributed by atoms with Crippen LogP contribution in [0.2, 0.25) is 0 Å². The van der Waals surface area contributed by atoms with Gasteiger partial charge in [-0.25, -0.2) is 4.79 Å². The van der Waals surface area contributed by atoms with Crippen LogP contribution in [0.3, 0.4) is 0 Å². The number of urea groups is 1. The molecule has 1 aliphatic carbocycles. The van der Waals surface area contributed by atoms with E-state index in [4.69, 9.17) is 4.74 Å². The van der Waals surface area contributed by atoms with Gasteiger partial charge in [0.15, 0.2) is 0 Å². The smallest absolute Gasteiger partial charge is 0.317 e. The number of nitrogens with zero attached hydrogens (tertiary/aromatic N) is 1. The third kappa shape index (κ3) is 3.47. The largest absolute Gasteiger partial charge is 0.496 e. The zero-order chi connectivity index (χ0) is 17.1. The van der Waals surface area contributed by atoms with Crippen LogP contribution in [-0.4, -0.2) is 49.6 Å². The second kappa shape index (κ2) is 7.11. The van der Waals surface area contributed by atoms with Crippen LogP contribution in [0.1, 0.15) is 31.2 Å². The lowest BCUT2D eigenvalue weighted by atomic mass is 9.87. The molecule has 0 spiro atoms. The van der Waals surface area contributed by atoms with Crippen LogP contribution in [0, 0.1) is 5.92 Å². The molecule has 1 aliphatic heterocycles. The number of rotatable bonds is 5. The lowest BCUT2D eigenvalue weighted by Crippen LogP contribution is -2.40. The van der Waals surface area contributed by atoms with Crippen LogP contribution in [0.5, 0.6) is 5.75 Å². The molecule has 2 aliphatic rings. The fraction of sp³-hybridized carbons (Fsp3) is 0.556. The molecule has 0 bridgehead atoms. The number of ether oxygens (including phenoxy) is 1. The van der Waals surface area contributed by atoms with Crippen molar-refractivity contribution in [2.24, 2.45) is 5.92 Å². The minimum absolute atomic E-state index is 0.0419. The molecule has 1 aromatic rings. The van der Waals surface area contributed by atoms with Gasteiger partial charge in [0.2, 0.25) is 5.91 Å². The third-order valence-corrected chi connectivity index (χ3v) is 4.73. The number of nitrogens with one attached hydrogen (secondary N) is 2. The second-order valence-electron chi connectivity index (χ2n) is 6.48. The van der Waals surface area contributed by atoms with Crippen molar-refractivity contribution in [1.82, 2.24) is 15.5 Å². The van der Waals surface area contributed by atoms with Crippen LogP contribution >= 0.6 is 0 Å². The molecule has 6 nitrogen and oxygen atoms in total. The van der Waals surface area contributed by atoms with E-state index >= 15 is 0 Å². The van der Waals surface area contributed by atoms with E-state index in [-0.39, 0.29) is 23.8 Å². The summed E-state index contributed by atoms with van der Waals surface area (Å²) in [5.74, 6) is 0.511. The van der Waals surface area contributed by atoms with E-state index in [1.54, 1.807) is 12.0 Å². The van der Waals surface area contributed by atoms with Gasteiger partial charge in [-0.3, -0.25) is 4.79 Å². The molecule has 0 radical (unpaired) electrons. The zero-order valence-electron chi connectivity index (χ0n) is 14.2. The predicted molar refractivity (Wildman–Crippen MR) is 91.0 cm³/mol. The highest BCUT2D eigenvalue weighted by molar-refractivity contribution is 5.83. The molecule has 2 N–H and O–H groups in total. The zero-order valence-corrected chi connectivity index (χ0v) is 14.2. The van der Waals surface area contributed by atoms with Crippen molar-refractivity contribution >= 4 is 11.9 Å². The highest BCUT2D eigenvalue weighted by atomic mass is 16.5. The first-order chi connectivity index (χ1) is 11.6. The Morgan fingerprint density at radius 3 is 2.67 bits per heavy atom. The number of methoxy groups -OCH3 is 1. The monoisotopic (exact) mass is 331 g/mol. The third-order valence-electron chi connectivity index (χ3n) is 4.73. The van der Waals surface area contributed by atoms with Crippen LogP contribution in [0.4, 0.5) is 4.79 Å². The van der Waals surface area contributed by atoms with Crippen LogP contribution in [0.25, 0.3) is 0 Å². The summed E-state index contributed by atoms with van der Waals surface area (Å²) in [6, 6.07) is 7.95. The maximum atomic E-state index is 12.7. The van der Waals surface area contributed by atoms with E-state index in [1.165, 1.54) is 0 Å². The van der Waals surface area contributed by atoms with Crippen molar-refractivity contribution < 1.29 is 14.3 Å². The standard InChI is InChI=1S/C18H25N3O3/c1-3-19-18(23)21-10-14(13-6-4-5-7-16(13)24-2)15(11-21)17(22)20-12-8-9-12/h4-7,12,14-15H,3,8-11H2,1-2H3,(H,19,23)(H,20,22)/t14-,15-/m0/s1. The molecule has 1 heterocycles. The Hall–Kier alpha value is -2.24. The van der Waals surface area contributed by atoms with Gasteiger partial charge in [0.1, 0.15) is 5.75 Å².